The summed E-state index contributed by atoms with van der Waals surface area (Å²) >= 11 is 0. The molecule has 0 unspecified atom stereocenters. The average molecular weight is 866 g/mol. The fourth-order valence-electron chi connectivity index (χ4n) is 11.7. The topological polar surface area (TPSA) is 11.4 Å². The van der Waals surface area contributed by atoms with Gasteiger partial charge in [-0.05, 0) is 192 Å². The number of nitrogens with zero attached hydrogens (tertiary/aromatic N) is 3. The number of para-hydroxylation sites is 3. The van der Waals surface area contributed by atoms with Gasteiger partial charge in [-0.25, -0.2) is 0 Å². The molecule has 12 rings (SSSR count). The molecular formula is C64H55N3. The zero-order valence-corrected chi connectivity index (χ0v) is 39.7. The first-order valence-electron chi connectivity index (χ1n) is 23.7. The first-order valence-corrected chi connectivity index (χ1v) is 23.7. The molecule has 0 saturated carbocycles. The fraction of sp³-hybridized carbons (Fsp3) is 0.156. The quantitative estimate of drug-likeness (QED) is 0.151. The summed E-state index contributed by atoms with van der Waals surface area (Å²) in [5.41, 5.74) is 25.9. The smallest absolute Gasteiger partial charge is 0.0582 e. The van der Waals surface area contributed by atoms with Gasteiger partial charge in [-0.1, -0.05) is 119 Å². The number of hydrogen-bond acceptors (Lipinski definition) is 2. The third-order valence-corrected chi connectivity index (χ3v) is 14.8. The Labute approximate surface area is 395 Å². The molecule has 10 aromatic rings. The van der Waals surface area contributed by atoms with Gasteiger partial charge in [-0.3, -0.25) is 0 Å². The molecule has 0 aliphatic carbocycles. The van der Waals surface area contributed by atoms with Gasteiger partial charge in [0.1, 0.15) is 0 Å². The number of anilines is 6. The van der Waals surface area contributed by atoms with Gasteiger partial charge >= 0.3 is 0 Å². The minimum absolute atomic E-state index is 0.218. The minimum Gasteiger partial charge on any atom is -0.310 e. The number of benzene rings is 9. The maximum atomic E-state index is 2.64. The van der Waals surface area contributed by atoms with Crippen LogP contribution >= 0.6 is 0 Å². The van der Waals surface area contributed by atoms with Gasteiger partial charge in [-0.2, -0.15) is 0 Å². The first kappa shape index (κ1) is 40.9. The molecule has 3 heterocycles. The summed E-state index contributed by atoms with van der Waals surface area (Å²) in [6.07, 6.45) is 0. The predicted octanol–water partition coefficient (Wildman–Crippen LogP) is 17.6. The lowest BCUT2D eigenvalue weighted by Crippen LogP contribution is -2.33. The zero-order valence-electron chi connectivity index (χ0n) is 39.7. The average Bonchev–Trinajstić information content (AvgIpc) is 3.65. The van der Waals surface area contributed by atoms with Gasteiger partial charge in [0.2, 0.25) is 0 Å². The van der Waals surface area contributed by atoms with Crippen molar-refractivity contribution in [3.63, 3.8) is 0 Å². The van der Waals surface area contributed by atoms with Crippen LogP contribution in [0.5, 0.6) is 0 Å². The fourth-order valence-corrected chi connectivity index (χ4v) is 11.7. The normalized spacial score (nSPS) is 13.9. The molecule has 0 N–H and O–H groups in total. The molecule has 0 bridgehead atoms. The van der Waals surface area contributed by atoms with E-state index in [1.165, 1.54) is 106 Å². The molecule has 0 atom stereocenters. The van der Waals surface area contributed by atoms with E-state index in [2.05, 4.69) is 258 Å². The third-order valence-electron chi connectivity index (χ3n) is 14.8. The molecular weight excluding hydrogens is 811 g/mol. The van der Waals surface area contributed by atoms with Gasteiger partial charge in [0, 0.05) is 55.7 Å². The molecule has 0 spiro atoms. The van der Waals surface area contributed by atoms with E-state index in [4.69, 9.17) is 0 Å². The van der Waals surface area contributed by atoms with Crippen LogP contribution in [-0.4, -0.2) is 4.57 Å². The lowest BCUT2D eigenvalue weighted by molar-refractivity contribution is 0.594. The molecule has 0 radical (unpaired) electrons. The predicted molar refractivity (Wildman–Crippen MR) is 284 cm³/mol. The van der Waals surface area contributed by atoms with Crippen LogP contribution < -0.4 is 9.80 Å². The minimum atomic E-state index is -0.218. The number of rotatable bonds is 8. The lowest BCUT2D eigenvalue weighted by Gasteiger charge is -2.42. The Balaban J connectivity index is 1.03. The molecule has 9 aromatic carbocycles. The summed E-state index contributed by atoms with van der Waals surface area (Å²) in [6.45, 7) is 18.4. The van der Waals surface area contributed by atoms with Crippen molar-refractivity contribution in [1.82, 2.24) is 4.57 Å². The molecule has 2 aliphatic heterocycles. The Morgan fingerprint density at radius 1 is 0.313 bits per heavy atom. The van der Waals surface area contributed by atoms with E-state index in [1.54, 1.807) is 0 Å². The van der Waals surface area contributed by atoms with Crippen molar-refractivity contribution < 1.29 is 0 Å². The van der Waals surface area contributed by atoms with Crippen LogP contribution in [0.4, 0.5) is 34.1 Å². The van der Waals surface area contributed by atoms with Crippen molar-refractivity contribution >= 4 is 55.9 Å². The summed E-state index contributed by atoms with van der Waals surface area (Å²) < 4.78 is 2.64. The summed E-state index contributed by atoms with van der Waals surface area (Å²) in [6, 6.07) is 70.5. The Hall–Kier alpha value is -7.62. The maximum Gasteiger partial charge on any atom is 0.0582 e. The molecule has 1 aromatic heterocycles. The summed E-state index contributed by atoms with van der Waals surface area (Å²) in [4.78, 5) is 4.75. The molecule has 0 saturated heterocycles. The number of fused-ring (bicyclic) bond motifs is 1. The molecule has 2 aliphatic rings. The lowest BCUT2D eigenvalue weighted by atomic mass is 9.68. The van der Waals surface area contributed by atoms with Crippen molar-refractivity contribution in [2.24, 2.45) is 0 Å². The van der Waals surface area contributed by atoms with E-state index in [1.807, 2.05) is 0 Å². The summed E-state index contributed by atoms with van der Waals surface area (Å²) in [7, 11) is 0. The monoisotopic (exact) mass is 865 g/mol. The van der Waals surface area contributed by atoms with Crippen molar-refractivity contribution in [2.75, 3.05) is 9.80 Å². The van der Waals surface area contributed by atoms with Gasteiger partial charge in [-0.15, -0.1) is 0 Å². The summed E-state index contributed by atoms with van der Waals surface area (Å²) in [5, 5.41) is 2.62. The highest BCUT2D eigenvalue weighted by molar-refractivity contribution is 6.16. The molecule has 67 heavy (non-hydrogen) atoms. The number of hydrogen-bond donors (Lipinski definition) is 0. The highest BCUT2D eigenvalue weighted by Gasteiger charge is 2.43. The van der Waals surface area contributed by atoms with E-state index in [9.17, 15) is 0 Å². The van der Waals surface area contributed by atoms with Crippen molar-refractivity contribution in [2.45, 2.75) is 66.2 Å². The highest BCUT2D eigenvalue weighted by atomic mass is 15.1. The van der Waals surface area contributed by atoms with Crippen molar-refractivity contribution in [3.8, 4) is 27.9 Å². The standard InChI is InChI=1S/C64H55N3/c1-40-30-41(2)33-52(32-40)65(48-16-11-9-12-17-48)50-26-22-44(23-27-50)46-36-54-55-37-47(45-24-28-51(29-25-45)66(49-18-13-10-14-19-49)53-34-42(3)31-43(4)35-53)39-59-61(55)67-60(54)58(38-46)63(5,6)56-20-15-21-57(62(56)67)64(59,7)8/h9-39H,1-8H3. The maximum absolute atomic E-state index is 2.64. The molecule has 3 heteroatoms. The van der Waals surface area contributed by atoms with Crippen LogP contribution in [0.3, 0.4) is 0 Å². The van der Waals surface area contributed by atoms with E-state index in [0.717, 1.165) is 22.7 Å². The van der Waals surface area contributed by atoms with Crippen LogP contribution in [0, 0.1) is 27.7 Å². The van der Waals surface area contributed by atoms with Crippen molar-refractivity contribution in [3.05, 3.63) is 233 Å². The Kier molecular flexibility index (Phi) is 9.12. The molecule has 326 valence electrons. The van der Waals surface area contributed by atoms with E-state index >= 15 is 0 Å². The summed E-state index contributed by atoms with van der Waals surface area (Å²) in [5.74, 6) is 0. The Morgan fingerprint density at radius 2 is 0.672 bits per heavy atom. The Bertz CT molecular complexity index is 3320. The SMILES string of the molecule is Cc1cc(C)cc(N(c2ccccc2)c2ccc(-c3cc4c5c(c3)c3cc(-c6ccc(N(c7ccccc7)c7cc(C)cc(C)c7)cc6)cc6c3n5-c3c(cccc3C6(C)C)C4(C)C)cc2)c1. The number of aromatic nitrogens is 1. The second-order valence-electron chi connectivity index (χ2n) is 20.3. The van der Waals surface area contributed by atoms with Gasteiger partial charge < -0.3 is 14.4 Å². The zero-order chi connectivity index (χ0) is 45.9. The van der Waals surface area contributed by atoms with Crippen molar-refractivity contribution in [1.29, 1.82) is 0 Å². The second-order valence-corrected chi connectivity index (χ2v) is 20.3. The second kappa shape index (κ2) is 15.0. The van der Waals surface area contributed by atoms with Gasteiger partial charge in [0.25, 0.3) is 0 Å². The first-order chi connectivity index (χ1) is 32.3. The van der Waals surface area contributed by atoms with Gasteiger partial charge in [0.15, 0.2) is 0 Å². The molecule has 3 nitrogen and oxygen atoms in total. The van der Waals surface area contributed by atoms with E-state index < -0.39 is 0 Å². The van der Waals surface area contributed by atoms with Crippen LogP contribution in [0.15, 0.2) is 188 Å². The van der Waals surface area contributed by atoms with Crippen LogP contribution in [0.2, 0.25) is 0 Å². The van der Waals surface area contributed by atoms with Crippen LogP contribution in [0.25, 0.3) is 49.7 Å². The van der Waals surface area contributed by atoms with E-state index in [-0.39, 0.29) is 10.8 Å². The van der Waals surface area contributed by atoms with Crippen LogP contribution in [0.1, 0.15) is 72.2 Å². The molecule has 0 amide bonds. The van der Waals surface area contributed by atoms with E-state index in [0.29, 0.717) is 0 Å². The number of aryl methyl sites for hydroxylation is 4. The third kappa shape index (κ3) is 6.39. The largest absolute Gasteiger partial charge is 0.310 e. The highest BCUT2D eigenvalue weighted by Crippen LogP contribution is 2.56. The van der Waals surface area contributed by atoms with Gasteiger partial charge in [0.05, 0.1) is 16.7 Å². The van der Waals surface area contributed by atoms with Crippen LogP contribution in [-0.2, 0) is 10.8 Å². The molecule has 0 fully saturated rings. The Morgan fingerprint density at radius 3 is 1.04 bits per heavy atom.